The third kappa shape index (κ3) is 3.73. The van der Waals surface area contributed by atoms with Crippen LogP contribution in [0.2, 0.25) is 0 Å². The van der Waals surface area contributed by atoms with Crippen molar-refractivity contribution < 1.29 is 13.9 Å². The zero-order valence-electron chi connectivity index (χ0n) is 17.0. The Morgan fingerprint density at radius 1 is 1.10 bits per heavy atom. The lowest BCUT2D eigenvalue weighted by molar-refractivity contribution is -0.0343. The van der Waals surface area contributed by atoms with Crippen LogP contribution in [0, 0.1) is 23.6 Å². The summed E-state index contributed by atoms with van der Waals surface area (Å²) < 4.78 is 18.8. The maximum Gasteiger partial charge on any atom is 0.410 e. The van der Waals surface area contributed by atoms with Gasteiger partial charge in [0.2, 0.25) is 0 Å². The highest BCUT2D eigenvalue weighted by atomic mass is 19.1. The minimum absolute atomic E-state index is 0.147. The van der Waals surface area contributed by atoms with Gasteiger partial charge in [-0.3, -0.25) is 4.98 Å². The number of nitrogens with zero attached hydrogens (tertiary/aromatic N) is 2. The molecule has 3 aliphatic rings. The molecule has 2 saturated heterocycles. The molecule has 30 heavy (non-hydrogen) atoms. The van der Waals surface area contributed by atoms with Crippen LogP contribution in [0.4, 0.5) is 9.18 Å². The van der Waals surface area contributed by atoms with E-state index in [1.54, 1.807) is 12.3 Å². The van der Waals surface area contributed by atoms with Gasteiger partial charge in [-0.15, -0.1) is 0 Å². The number of rotatable bonds is 3. The van der Waals surface area contributed by atoms with Gasteiger partial charge in [0.15, 0.2) is 0 Å². The number of piperidine rings is 1. The fraction of sp³-hybridized carbons (Fsp3) is 0.440. The molecule has 0 bridgehead atoms. The highest BCUT2D eigenvalue weighted by molar-refractivity contribution is 5.69. The van der Waals surface area contributed by atoms with Crippen molar-refractivity contribution in [3.63, 3.8) is 0 Å². The second-order valence-electron chi connectivity index (χ2n) is 8.75. The van der Waals surface area contributed by atoms with Crippen molar-refractivity contribution in [2.75, 3.05) is 13.2 Å². The number of benzene rings is 1. The minimum atomic E-state index is -0.244. The van der Waals surface area contributed by atoms with E-state index >= 15 is 0 Å². The smallest absolute Gasteiger partial charge is 0.410 e. The molecule has 0 radical (unpaired) electrons. The zero-order chi connectivity index (χ0) is 20.5. The third-order valence-electron chi connectivity index (χ3n) is 7.05. The van der Waals surface area contributed by atoms with E-state index in [2.05, 4.69) is 17.1 Å². The number of hydrogen-bond donors (Lipinski definition) is 0. The molecule has 1 aromatic heterocycles. The number of halogens is 1. The molecule has 4 nitrogen and oxygen atoms in total. The minimum Gasteiger partial charge on any atom is -0.449 e. The lowest BCUT2D eigenvalue weighted by Crippen LogP contribution is -2.58. The largest absolute Gasteiger partial charge is 0.449 e. The molecule has 3 fully saturated rings. The lowest BCUT2D eigenvalue weighted by atomic mass is 9.66. The van der Waals surface area contributed by atoms with Crippen LogP contribution >= 0.6 is 0 Å². The summed E-state index contributed by atoms with van der Waals surface area (Å²) in [5.74, 6) is 1.31. The van der Waals surface area contributed by atoms with E-state index in [1.165, 1.54) is 37.8 Å². The predicted molar refractivity (Wildman–Crippen MR) is 114 cm³/mol. The van der Waals surface area contributed by atoms with Crippen LogP contribution in [0.3, 0.4) is 0 Å². The van der Waals surface area contributed by atoms with Crippen LogP contribution < -0.4 is 0 Å². The van der Waals surface area contributed by atoms with Crippen LogP contribution in [0.1, 0.15) is 37.8 Å². The van der Waals surface area contributed by atoms with E-state index in [0.717, 1.165) is 29.8 Å². The van der Waals surface area contributed by atoms with Gasteiger partial charge in [-0.25, -0.2) is 9.18 Å². The maximum absolute atomic E-state index is 13.5. The highest BCUT2D eigenvalue weighted by Crippen LogP contribution is 2.45. The van der Waals surface area contributed by atoms with E-state index in [1.807, 2.05) is 23.1 Å². The van der Waals surface area contributed by atoms with Crippen LogP contribution in [0.25, 0.3) is 17.2 Å². The van der Waals surface area contributed by atoms with Gasteiger partial charge in [0.1, 0.15) is 5.82 Å². The summed E-state index contributed by atoms with van der Waals surface area (Å²) in [4.78, 5) is 18.9. The number of amides is 1. The van der Waals surface area contributed by atoms with Crippen molar-refractivity contribution in [1.29, 1.82) is 0 Å². The molecule has 5 rings (SSSR count). The molecule has 2 aromatic rings. The van der Waals surface area contributed by atoms with Gasteiger partial charge in [-0.1, -0.05) is 37.1 Å². The Kier molecular flexibility index (Phi) is 5.28. The first-order valence-electron chi connectivity index (χ1n) is 11.0. The summed E-state index contributed by atoms with van der Waals surface area (Å²) in [6.45, 7) is 1.36. The molecule has 5 heteroatoms. The normalized spacial score (nSPS) is 28.7. The van der Waals surface area contributed by atoms with Crippen LogP contribution in [0.5, 0.6) is 0 Å². The monoisotopic (exact) mass is 406 g/mol. The van der Waals surface area contributed by atoms with Crippen LogP contribution in [-0.4, -0.2) is 35.2 Å². The first-order chi connectivity index (χ1) is 14.7. The van der Waals surface area contributed by atoms with Gasteiger partial charge in [-0.2, -0.15) is 0 Å². The molecule has 1 saturated carbocycles. The molecule has 156 valence electrons. The van der Waals surface area contributed by atoms with E-state index in [0.29, 0.717) is 24.4 Å². The molecule has 1 aliphatic carbocycles. The molecule has 4 atom stereocenters. The van der Waals surface area contributed by atoms with Crippen molar-refractivity contribution in [3.05, 3.63) is 60.2 Å². The Morgan fingerprint density at radius 3 is 2.83 bits per heavy atom. The molecule has 0 spiro atoms. The highest BCUT2D eigenvalue weighted by Gasteiger charge is 2.46. The van der Waals surface area contributed by atoms with Gasteiger partial charge in [-0.05, 0) is 54.5 Å². The van der Waals surface area contributed by atoms with Gasteiger partial charge in [0.05, 0.1) is 12.3 Å². The van der Waals surface area contributed by atoms with Crippen molar-refractivity contribution in [2.45, 2.75) is 38.1 Å². The van der Waals surface area contributed by atoms with Crippen LogP contribution in [-0.2, 0) is 4.74 Å². The lowest BCUT2D eigenvalue weighted by Gasteiger charge is -2.51. The number of carbonyl (C=O) groups is 1. The van der Waals surface area contributed by atoms with Crippen molar-refractivity contribution in [1.82, 2.24) is 9.88 Å². The van der Waals surface area contributed by atoms with Gasteiger partial charge < -0.3 is 9.64 Å². The second-order valence-corrected chi connectivity index (χ2v) is 8.75. The van der Waals surface area contributed by atoms with Crippen LogP contribution in [0.15, 0.2) is 48.7 Å². The third-order valence-corrected chi connectivity index (χ3v) is 7.05. The first kappa shape index (κ1) is 19.3. The summed E-state index contributed by atoms with van der Waals surface area (Å²) in [5, 5.41) is 0. The van der Waals surface area contributed by atoms with E-state index in [4.69, 9.17) is 4.74 Å². The second kappa shape index (κ2) is 8.21. The quantitative estimate of drug-likeness (QED) is 0.671. The molecular formula is C25H27FN2O2. The number of ether oxygens (including phenoxy) is 1. The summed E-state index contributed by atoms with van der Waals surface area (Å²) in [5.41, 5.74) is 2.61. The zero-order valence-corrected chi connectivity index (χ0v) is 17.0. The Hall–Kier alpha value is -2.69. The Balaban J connectivity index is 1.37. The van der Waals surface area contributed by atoms with E-state index in [9.17, 15) is 9.18 Å². The fourth-order valence-electron chi connectivity index (χ4n) is 5.58. The summed E-state index contributed by atoms with van der Waals surface area (Å²) in [6, 6.07) is 10.8. The Bertz CT molecular complexity index is 942. The number of carbonyl (C=O) groups excluding carboxylic acids is 1. The molecule has 1 aromatic carbocycles. The number of aromatic nitrogens is 1. The van der Waals surface area contributed by atoms with Crippen molar-refractivity contribution in [3.8, 4) is 11.1 Å². The number of pyridine rings is 1. The van der Waals surface area contributed by atoms with Gasteiger partial charge in [0, 0.05) is 36.7 Å². The van der Waals surface area contributed by atoms with E-state index < -0.39 is 0 Å². The maximum atomic E-state index is 13.5. The summed E-state index contributed by atoms with van der Waals surface area (Å²) >= 11 is 0. The average molecular weight is 407 g/mol. The van der Waals surface area contributed by atoms with Crippen molar-refractivity contribution >= 4 is 12.2 Å². The molecule has 2 aliphatic heterocycles. The van der Waals surface area contributed by atoms with Gasteiger partial charge >= 0.3 is 6.09 Å². The van der Waals surface area contributed by atoms with E-state index in [-0.39, 0.29) is 18.0 Å². The average Bonchev–Trinajstić information content (AvgIpc) is 2.78. The number of fused-ring (bicyclic) bond motifs is 2. The first-order valence-corrected chi connectivity index (χ1v) is 11.0. The fourth-order valence-corrected chi connectivity index (χ4v) is 5.58. The summed E-state index contributed by atoms with van der Waals surface area (Å²) in [6.07, 6.45) is 11.9. The van der Waals surface area contributed by atoms with Gasteiger partial charge in [0.25, 0.3) is 0 Å². The molecule has 1 amide bonds. The molecule has 3 heterocycles. The predicted octanol–water partition coefficient (Wildman–Crippen LogP) is 5.55. The Morgan fingerprint density at radius 2 is 2.00 bits per heavy atom. The molecule has 3 unspecified atom stereocenters. The molecule has 0 N–H and O–H groups in total. The molecular weight excluding hydrogens is 379 g/mol. The number of cyclic esters (lactones) is 1. The topological polar surface area (TPSA) is 42.4 Å². The number of hydrogen-bond acceptors (Lipinski definition) is 3. The van der Waals surface area contributed by atoms with Crippen molar-refractivity contribution in [2.24, 2.45) is 17.8 Å². The Labute approximate surface area is 176 Å². The SMILES string of the molecule is O=C1OCC[C@@H]2C(/C=C/c3ccc(-c4cccc(F)c4)cn3)C3CCCCC3CN12. The standard InChI is InChI=1S/C25H27FN2O2/c26-20-6-3-5-17(14-20)18-8-9-21(27-15-18)10-11-23-22-7-2-1-4-19(22)16-28-24(23)12-13-30-25(28)29/h3,5-6,8-11,14-15,19,22-24H,1-2,4,7,12-13,16H2/b11-10+/t19?,22?,23?,24-/m1/s1. The summed E-state index contributed by atoms with van der Waals surface area (Å²) in [7, 11) is 0.